The summed E-state index contributed by atoms with van der Waals surface area (Å²) < 4.78 is 0.991. The van der Waals surface area contributed by atoms with Crippen LogP contribution in [0.25, 0.3) is 0 Å². The van der Waals surface area contributed by atoms with Crippen LogP contribution in [0.2, 0.25) is 0 Å². The molecule has 0 spiro atoms. The Morgan fingerprint density at radius 2 is 2.12 bits per heavy atom. The molecule has 0 amide bonds. The number of hydrogen-bond acceptors (Lipinski definition) is 2. The Bertz CT molecular complexity index is 485. The van der Waals surface area contributed by atoms with Gasteiger partial charge in [0.2, 0.25) is 0 Å². The molecular weight excluding hydrogens is 300 g/mol. The summed E-state index contributed by atoms with van der Waals surface area (Å²) in [5.41, 5.74) is 3.18. The highest BCUT2D eigenvalue weighted by Gasteiger charge is 1.97. The molecule has 0 aliphatic heterocycles. The van der Waals surface area contributed by atoms with Gasteiger partial charge >= 0.3 is 0 Å². The standard InChI is InChI=1S/C13H12BrClN2/c14-11-4-5-13(16-8-11)9-17-12-3-1-2-10(6-12)7-15/h1-6,8,17H,7,9H2. The third kappa shape index (κ3) is 3.72. The van der Waals surface area contributed by atoms with Crippen LogP contribution in [0.15, 0.2) is 47.1 Å². The number of pyridine rings is 1. The van der Waals surface area contributed by atoms with E-state index >= 15 is 0 Å². The third-order valence-corrected chi connectivity index (χ3v) is 3.12. The number of halogens is 2. The lowest BCUT2D eigenvalue weighted by molar-refractivity contribution is 1.04. The van der Waals surface area contributed by atoms with Crippen LogP contribution in [0.5, 0.6) is 0 Å². The largest absolute Gasteiger partial charge is 0.379 e. The van der Waals surface area contributed by atoms with E-state index in [1.165, 1.54) is 0 Å². The van der Waals surface area contributed by atoms with Crippen molar-refractivity contribution in [3.05, 3.63) is 58.3 Å². The molecule has 4 heteroatoms. The number of rotatable bonds is 4. The molecule has 0 bridgehead atoms. The van der Waals surface area contributed by atoms with Gasteiger partial charge in [0.15, 0.2) is 0 Å². The van der Waals surface area contributed by atoms with E-state index in [1.807, 2.05) is 36.4 Å². The SMILES string of the molecule is ClCc1cccc(NCc2ccc(Br)cn2)c1. The van der Waals surface area contributed by atoms with Crippen molar-refractivity contribution in [1.29, 1.82) is 0 Å². The molecule has 17 heavy (non-hydrogen) atoms. The Hall–Kier alpha value is -1.06. The van der Waals surface area contributed by atoms with E-state index in [0.29, 0.717) is 12.4 Å². The number of benzene rings is 1. The summed E-state index contributed by atoms with van der Waals surface area (Å²) in [6, 6.07) is 12.0. The molecule has 2 aromatic rings. The van der Waals surface area contributed by atoms with Crippen molar-refractivity contribution in [3.63, 3.8) is 0 Å². The zero-order chi connectivity index (χ0) is 12.1. The van der Waals surface area contributed by atoms with Crippen LogP contribution in [0, 0.1) is 0 Å². The van der Waals surface area contributed by atoms with Gasteiger partial charge in [-0.15, -0.1) is 11.6 Å². The average molecular weight is 312 g/mol. The molecule has 2 nitrogen and oxygen atoms in total. The number of aromatic nitrogens is 1. The van der Waals surface area contributed by atoms with Gasteiger partial charge in [-0.1, -0.05) is 12.1 Å². The molecule has 0 saturated heterocycles. The van der Waals surface area contributed by atoms with Crippen LogP contribution in [0.3, 0.4) is 0 Å². The number of nitrogens with one attached hydrogen (secondary N) is 1. The zero-order valence-corrected chi connectivity index (χ0v) is 11.5. The Balaban J connectivity index is 1.99. The lowest BCUT2D eigenvalue weighted by Crippen LogP contribution is -2.01. The topological polar surface area (TPSA) is 24.9 Å². The van der Waals surface area contributed by atoms with Crippen molar-refractivity contribution < 1.29 is 0 Å². The van der Waals surface area contributed by atoms with E-state index < -0.39 is 0 Å². The molecule has 1 N–H and O–H groups in total. The first-order valence-corrected chi connectivity index (χ1v) is 6.60. The quantitative estimate of drug-likeness (QED) is 0.856. The maximum absolute atomic E-state index is 5.79. The lowest BCUT2D eigenvalue weighted by Gasteiger charge is -2.07. The highest BCUT2D eigenvalue weighted by Crippen LogP contribution is 2.14. The Labute approximate surface area is 114 Å². The van der Waals surface area contributed by atoms with Crippen LogP contribution < -0.4 is 5.32 Å². The molecule has 2 rings (SSSR count). The minimum Gasteiger partial charge on any atom is -0.379 e. The molecular formula is C13H12BrClN2. The predicted octanol–water partition coefficient (Wildman–Crippen LogP) is 4.20. The summed E-state index contributed by atoms with van der Waals surface area (Å²) in [6.45, 7) is 0.707. The summed E-state index contributed by atoms with van der Waals surface area (Å²) in [5.74, 6) is 0.534. The molecule has 0 unspecified atom stereocenters. The smallest absolute Gasteiger partial charge is 0.0595 e. The number of alkyl halides is 1. The first-order chi connectivity index (χ1) is 8.28. The van der Waals surface area contributed by atoms with Gasteiger partial charge in [-0.05, 0) is 45.8 Å². The molecule has 88 valence electrons. The van der Waals surface area contributed by atoms with E-state index in [4.69, 9.17) is 11.6 Å². The van der Waals surface area contributed by atoms with Crippen molar-refractivity contribution in [1.82, 2.24) is 4.98 Å². The molecule has 0 aliphatic carbocycles. The number of hydrogen-bond donors (Lipinski definition) is 1. The van der Waals surface area contributed by atoms with Crippen molar-refractivity contribution in [2.24, 2.45) is 0 Å². The van der Waals surface area contributed by atoms with Gasteiger partial charge in [-0.3, -0.25) is 4.98 Å². The fourth-order valence-electron chi connectivity index (χ4n) is 1.47. The van der Waals surface area contributed by atoms with Crippen LogP contribution in [-0.4, -0.2) is 4.98 Å². The van der Waals surface area contributed by atoms with Gasteiger partial charge in [-0.25, -0.2) is 0 Å². The summed E-state index contributed by atoms with van der Waals surface area (Å²) in [7, 11) is 0. The van der Waals surface area contributed by atoms with Crippen molar-refractivity contribution >= 4 is 33.2 Å². The van der Waals surface area contributed by atoms with E-state index in [0.717, 1.165) is 21.4 Å². The maximum atomic E-state index is 5.79. The van der Waals surface area contributed by atoms with Gasteiger partial charge in [0.1, 0.15) is 0 Å². The van der Waals surface area contributed by atoms with Gasteiger partial charge in [-0.2, -0.15) is 0 Å². The van der Waals surface area contributed by atoms with E-state index in [1.54, 1.807) is 6.20 Å². The van der Waals surface area contributed by atoms with Crippen LogP contribution in [0.4, 0.5) is 5.69 Å². The van der Waals surface area contributed by atoms with Crippen LogP contribution in [0.1, 0.15) is 11.3 Å². The number of anilines is 1. The van der Waals surface area contributed by atoms with E-state index in [-0.39, 0.29) is 0 Å². The molecule has 0 fully saturated rings. The summed E-state index contributed by atoms with van der Waals surface area (Å²) >= 11 is 9.15. The fourth-order valence-corrected chi connectivity index (χ4v) is 1.87. The van der Waals surface area contributed by atoms with E-state index in [2.05, 4.69) is 26.2 Å². The third-order valence-electron chi connectivity index (χ3n) is 2.34. The molecule has 0 aliphatic rings. The number of nitrogens with zero attached hydrogens (tertiary/aromatic N) is 1. The second-order valence-electron chi connectivity index (χ2n) is 3.66. The molecule has 1 heterocycles. The molecule has 1 aromatic heterocycles. The van der Waals surface area contributed by atoms with Crippen LogP contribution in [-0.2, 0) is 12.4 Å². The van der Waals surface area contributed by atoms with Gasteiger partial charge in [0.25, 0.3) is 0 Å². The van der Waals surface area contributed by atoms with Gasteiger partial charge in [0.05, 0.1) is 12.2 Å². The minimum absolute atomic E-state index is 0.534. The average Bonchev–Trinajstić information content (AvgIpc) is 2.38. The predicted molar refractivity (Wildman–Crippen MR) is 75.3 cm³/mol. The highest BCUT2D eigenvalue weighted by atomic mass is 79.9. The summed E-state index contributed by atoms with van der Waals surface area (Å²) in [4.78, 5) is 4.30. The van der Waals surface area contributed by atoms with Crippen molar-refractivity contribution in [2.75, 3.05) is 5.32 Å². The fraction of sp³-hybridized carbons (Fsp3) is 0.154. The second kappa shape index (κ2) is 6.03. The second-order valence-corrected chi connectivity index (χ2v) is 4.84. The molecule has 1 aromatic carbocycles. The molecule has 0 atom stereocenters. The molecule has 0 saturated carbocycles. The Morgan fingerprint density at radius 1 is 1.24 bits per heavy atom. The van der Waals surface area contributed by atoms with E-state index in [9.17, 15) is 0 Å². The first-order valence-electron chi connectivity index (χ1n) is 5.27. The van der Waals surface area contributed by atoms with Crippen LogP contribution >= 0.6 is 27.5 Å². The first kappa shape index (κ1) is 12.4. The Kier molecular flexibility index (Phi) is 4.40. The Morgan fingerprint density at radius 3 is 2.82 bits per heavy atom. The van der Waals surface area contributed by atoms with Crippen molar-refractivity contribution in [3.8, 4) is 0 Å². The molecule has 0 radical (unpaired) electrons. The van der Waals surface area contributed by atoms with Gasteiger partial charge < -0.3 is 5.32 Å². The summed E-state index contributed by atoms with van der Waals surface area (Å²) in [6.07, 6.45) is 1.80. The van der Waals surface area contributed by atoms with Gasteiger partial charge in [0, 0.05) is 22.2 Å². The highest BCUT2D eigenvalue weighted by molar-refractivity contribution is 9.10. The normalized spacial score (nSPS) is 10.2. The summed E-state index contributed by atoms with van der Waals surface area (Å²) in [5, 5.41) is 3.32. The van der Waals surface area contributed by atoms with Crippen molar-refractivity contribution in [2.45, 2.75) is 12.4 Å². The monoisotopic (exact) mass is 310 g/mol. The minimum atomic E-state index is 0.534. The lowest BCUT2D eigenvalue weighted by atomic mass is 10.2. The maximum Gasteiger partial charge on any atom is 0.0595 e. The zero-order valence-electron chi connectivity index (χ0n) is 9.16.